The molecule has 1 aliphatic rings. The Labute approximate surface area is 113 Å². The molecule has 0 spiro atoms. The van der Waals surface area contributed by atoms with Crippen LogP contribution in [0.15, 0.2) is 18.2 Å². The van der Waals surface area contributed by atoms with E-state index in [1.807, 2.05) is 17.8 Å². The standard InChI is InChI=1S/C14H21NO2S/c1-18-13-8-3-2-6-11(13)15-9-10-5-4-7-12(16)14(10)17/h4-5,7,11,13,15-17H,2-3,6,8-9H2,1H3. The van der Waals surface area contributed by atoms with Gasteiger partial charge in [0.15, 0.2) is 11.5 Å². The van der Waals surface area contributed by atoms with E-state index in [9.17, 15) is 10.2 Å². The minimum Gasteiger partial charge on any atom is -0.504 e. The number of para-hydroxylation sites is 1. The second-order valence-corrected chi connectivity index (χ2v) is 5.91. The molecule has 0 aliphatic heterocycles. The van der Waals surface area contributed by atoms with Crippen LogP contribution in [0.25, 0.3) is 0 Å². The lowest BCUT2D eigenvalue weighted by atomic mass is 9.94. The summed E-state index contributed by atoms with van der Waals surface area (Å²) in [6.45, 7) is 0.613. The van der Waals surface area contributed by atoms with Crippen molar-refractivity contribution in [2.75, 3.05) is 6.26 Å². The third-order valence-corrected chi connectivity index (χ3v) is 4.83. The van der Waals surface area contributed by atoms with Gasteiger partial charge in [-0.05, 0) is 25.2 Å². The van der Waals surface area contributed by atoms with E-state index >= 15 is 0 Å². The first kappa shape index (κ1) is 13.6. The van der Waals surface area contributed by atoms with Crippen LogP contribution in [0.5, 0.6) is 11.5 Å². The minimum atomic E-state index is -0.0423. The molecule has 0 heterocycles. The molecule has 1 saturated carbocycles. The van der Waals surface area contributed by atoms with Gasteiger partial charge >= 0.3 is 0 Å². The molecule has 0 aromatic heterocycles. The van der Waals surface area contributed by atoms with Gasteiger partial charge in [-0.3, -0.25) is 0 Å². The number of thioether (sulfide) groups is 1. The third-order valence-electron chi connectivity index (χ3n) is 3.66. The highest BCUT2D eigenvalue weighted by molar-refractivity contribution is 7.99. The molecule has 100 valence electrons. The highest BCUT2D eigenvalue weighted by Crippen LogP contribution is 2.30. The van der Waals surface area contributed by atoms with E-state index in [-0.39, 0.29) is 11.5 Å². The van der Waals surface area contributed by atoms with Crippen LogP contribution in [0.1, 0.15) is 31.2 Å². The summed E-state index contributed by atoms with van der Waals surface area (Å²) in [4.78, 5) is 0. The first-order chi connectivity index (χ1) is 8.72. The normalized spacial score (nSPS) is 24.1. The molecule has 0 saturated heterocycles. The lowest BCUT2D eigenvalue weighted by Gasteiger charge is -2.31. The fraction of sp³-hybridized carbons (Fsp3) is 0.571. The Morgan fingerprint density at radius 3 is 2.83 bits per heavy atom. The van der Waals surface area contributed by atoms with Crippen molar-refractivity contribution in [2.45, 2.75) is 43.5 Å². The second kappa shape index (κ2) is 6.34. The van der Waals surface area contributed by atoms with E-state index < -0.39 is 0 Å². The zero-order valence-corrected chi connectivity index (χ0v) is 11.5. The van der Waals surface area contributed by atoms with Crippen LogP contribution in [0.3, 0.4) is 0 Å². The lowest BCUT2D eigenvalue weighted by Crippen LogP contribution is -2.39. The van der Waals surface area contributed by atoms with E-state index in [4.69, 9.17) is 0 Å². The zero-order chi connectivity index (χ0) is 13.0. The molecule has 2 rings (SSSR count). The summed E-state index contributed by atoms with van der Waals surface area (Å²) in [6.07, 6.45) is 7.23. The quantitative estimate of drug-likeness (QED) is 0.734. The summed E-state index contributed by atoms with van der Waals surface area (Å²) in [6, 6.07) is 5.62. The smallest absolute Gasteiger partial charge is 0.161 e. The molecule has 3 N–H and O–H groups in total. The summed E-state index contributed by atoms with van der Waals surface area (Å²) in [5, 5.41) is 23.4. The third kappa shape index (κ3) is 3.12. The fourth-order valence-electron chi connectivity index (χ4n) is 2.57. The van der Waals surface area contributed by atoms with Crippen molar-refractivity contribution < 1.29 is 10.2 Å². The Balaban J connectivity index is 1.96. The van der Waals surface area contributed by atoms with Gasteiger partial charge in [-0.1, -0.05) is 25.0 Å². The second-order valence-electron chi connectivity index (χ2n) is 4.83. The van der Waals surface area contributed by atoms with Crippen molar-refractivity contribution in [3.05, 3.63) is 23.8 Å². The predicted octanol–water partition coefficient (Wildman–Crippen LogP) is 2.86. The van der Waals surface area contributed by atoms with Gasteiger partial charge < -0.3 is 15.5 Å². The summed E-state index contributed by atoms with van der Waals surface area (Å²) in [7, 11) is 0. The Morgan fingerprint density at radius 1 is 1.28 bits per heavy atom. The Bertz CT molecular complexity index is 397. The highest BCUT2D eigenvalue weighted by atomic mass is 32.2. The van der Waals surface area contributed by atoms with Crippen LogP contribution in [-0.4, -0.2) is 27.8 Å². The molecule has 0 amide bonds. The van der Waals surface area contributed by atoms with Crippen molar-refractivity contribution in [2.24, 2.45) is 0 Å². The molecule has 1 aliphatic carbocycles. The number of nitrogens with one attached hydrogen (secondary N) is 1. The predicted molar refractivity (Wildman–Crippen MR) is 76.2 cm³/mol. The van der Waals surface area contributed by atoms with Crippen LogP contribution in [0.2, 0.25) is 0 Å². The summed E-state index contributed by atoms with van der Waals surface area (Å²) >= 11 is 1.92. The molecular formula is C14H21NO2S. The number of phenols is 2. The Hall–Kier alpha value is -0.870. The largest absolute Gasteiger partial charge is 0.504 e. The van der Waals surface area contributed by atoms with Gasteiger partial charge in [0.25, 0.3) is 0 Å². The van der Waals surface area contributed by atoms with E-state index in [0.29, 0.717) is 17.8 Å². The number of phenolic OH excluding ortho intramolecular Hbond substituents is 2. The van der Waals surface area contributed by atoms with Crippen molar-refractivity contribution in [1.29, 1.82) is 0 Å². The first-order valence-corrected chi connectivity index (χ1v) is 7.77. The maximum Gasteiger partial charge on any atom is 0.161 e. The summed E-state index contributed by atoms with van der Waals surface area (Å²) in [5.74, 6) is -0.0409. The van der Waals surface area contributed by atoms with Gasteiger partial charge in [0.05, 0.1) is 0 Å². The van der Waals surface area contributed by atoms with Gasteiger partial charge in [-0.15, -0.1) is 0 Å². The van der Waals surface area contributed by atoms with Gasteiger partial charge in [0, 0.05) is 23.4 Å². The number of benzene rings is 1. The first-order valence-electron chi connectivity index (χ1n) is 6.48. The minimum absolute atomic E-state index is 0.00140. The average Bonchev–Trinajstić information content (AvgIpc) is 2.41. The Morgan fingerprint density at radius 2 is 2.06 bits per heavy atom. The Kier molecular flexibility index (Phi) is 4.78. The molecule has 2 atom stereocenters. The van der Waals surface area contributed by atoms with Crippen LogP contribution in [0.4, 0.5) is 0 Å². The van der Waals surface area contributed by atoms with E-state index in [1.165, 1.54) is 31.7 Å². The number of aromatic hydroxyl groups is 2. The van der Waals surface area contributed by atoms with E-state index in [0.717, 1.165) is 5.56 Å². The molecule has 4 heteroatoms. The maximum absolute atomic E-state index is 9.75. The molecule has 0 radical (unpaired) electrons. The van der Waals surface area contributed by atoms with Crippen LogP contribution >= 0.6 is 11.8 Å². The maximum atomic E-state index is 9.75. The number of hydrogen-bond donors (Lipinski definition) is 3. The van der Waals surface area contributed by atoms with Crippen molar-refractivity contribution in [1.82, 2.24) is 5.32 Å². The number of rotatable bonds is 4. The molecule has 1 aromatic carbocycles. The fourth-order valence-corrected chi connectivity index (χ4v) is 3.54. The average molecular weight is 267 g/mol. The molecule has 18 heavy (non-hydrogen) atoms. The van der Waals surface area contributed by atoms with Gasteiger partial charge in [-0.25, -0.2) is 0 Å². The van der Waals surface area contributed by atoms with E-state index in [2.05, 4.69) is 11.6 Å². The van der Waals surface area contributed by atoms with Crippen molar-refractivity contribution >= 4 is 11.8 Å². The van der Waals surface area contributed by atoms with Gasteiger partial charge in [0.1, 0.15) is 0 Å². The molecule has 0 bridgehead atoms. The summed E-state index contributed by atoms with van der Waals surface area (Å²) < 4.78 is 0. The summed E-state index contributed by atoms with van der Waals surface area (Å²) in [5.41, 5.74) is 0.764. The number of hydrogen-bond acceptors (Lipinski definition) is 4. The zero-order valence-electron chi connectivity index (χ0n) is 10.7. The molecule has 3 nitrogen and oxygen atoms in total. The van der Waals surface area contributed by atoms with Crippen molar-refractivity contribution in [3.8, 4) is 11.5 Å². The monoisotopic (exact) mass is 267 g/mol. The van der Waals surface area contributed by atoms with Crippen molar-refractivity contribution in [3.63, 3.8) is 0 Å². The SMILES string of the molecule is CSC1CCCCC1NCc1cccc(O)c1O. The lowest BCUT2D eigenvalue weighted by molar-refractivity contribution is 0.372. The van der Waals surface area contributed by atoms with Crippen LogP contribution < -0.4 is 5.32 Å². The molecule has 2 unspecified atom stereocenters. The topological polar surface area (TPSA) is 52.5 Å². The molecule has 1 aromatic rings. The molecule has 1 fully saturated rings. The van der Waals surface area contributed by atoms with Crippen LogP contribution in [-0.2, 0) is 6.54 Å². The highest BCUT2D eigenvalue weighted by Gasteiger charge is 2.23. The van der Waals surface area contributed by atoms with Gasteiger partial charge in [0.2, 0.25) is 0 Å². The van der Waals surface area contributed by atoms with E-state index in [1.54, 1.807) is 6.07 Å². The van der Waals surface area contributed by atoms with Crippen LogP contribution in [0, 0.1) is 0 Å². The molecular weight excluding hydrogens is 246 g/mol. The van der Waals surface area contributed by atoms with Gasteiger partial charge in [-0.2, -0.15) is 11.8 Å².